The van der Waals surface area contributed by atoms with E-state index in [1.807, 2.05) is 0 Å². The number of aliphatic hydroxyl groups is 2. The predicted molar refractivity (Wildman–Crippen MR) is 178 cm³/mol. The summed E-state index contributed by atoms with van der Waals surface area (Å²) in [5.41, 5.74) is 1.72. The molecule has 0 fully saturated rings. The summed E-state index contributed by atoms with van der Waals surface area (Å²) in [5.74, 6) is -0.00814. The number of benzene rings is 4. The number of hydrogen-bond acceptors (Lipinski definition) is 4. The molecule has 0 spiro atoms. The molecule has 4 aromatic rings. The van der Waals surface area contributed by atoms with Crippen LogP contribution < -0.4 is 15.9 Å². The molecule has 0 unspecified atom stereocenters. The molecule has 42 heavy (non-hydrogen) atoms. The van der Waals surface area contributed by atoms with Gasteiger partial charge in [-0.15, -0.1) is 0 Å². The third-order valence-corrected chi connectivity index (χ3v) is 13.9. The Balaban J connectivity index is 1.28. The van der Waals surface area contributed by atoms with E-state index < -0.39 is 20.5 Å². The van der Waals surface area contributed by atoms with Crippen molar-refractivity contribution in [3.8, 4) is 11.5 Å². The van der Waals surface area contributed by atoms with Crippen LogP contribution in [-0.2, 0) is 19.6 Å². The Bertz CT molecular complexity index is 1280. The van der Waals surface area contributed by atoms with E-state index in [0.717, 1.165) is 19.3 Å². The van der Waals surface area contributed by atoms with Gasteiger partial charge in [-0.3, -0.25) is 0 Å². The first kappa shape index (κ1) is 31.8. The van der Waals surface area contributed by atoms with Crippen molar-refractivity contribution in [2.75, 3.05) is 6.16 Å². The summed E-state index contributed by atoms with van der Waals surface area (Å²) in [4.78, 5) is 0. The summed E-state index contributed by atoms with van der Waals surface area (Å²) in [6, 6.07) is 33.5. The van der Waals surface area contributed by atoms with Crippen molar-refractivity contribution in [2.24, 2.45) is 0 Å². The topological polar surface area (TPSA) is 80.9 Å². The minimum absolute atomic E-state index is 0.0120. The van der Waals surface area contributed by atoms with Gasteiger partial charge in [0.25, 0.3) is 0 Å². The fourth-order valence-electron chi connectivity index (χ4n) is 6.52. The van der Waals surface area contributed by atoms with Crippen molar-refractivity contribution >= 4 is 23.2 Å². The molecule has 4 aromatic carbocycles. The Morgan fingerprint density at radius 1 is 0.476 bits per heavy atom. The third kappa shape index (κ3) is 7.24. The summed E-state index contributed by atoms with van der Waals surface area (Å²) < 4.78 is 0. The summed E-state index contributed by atoms with van der Waals surface area (Å²) in [7, 11) is -2.14. The minimum atomic E-state index is -2.14. The van der Waals surface area contributed by atoms with Gasteiger partial charge < -0.3 is 20.4 Å². The van der Waals surface area contributed by atoms with Crippen LogP contribution >= 0.6 is 7.26 Å². The zero-order valence-corrected chi connectivity index (χ0v) is 25.9. The number of rotatable bonds is 16. The zero-order valence-electron chi connectivity index (χ0n) is 24.9. The molecule has 4 rings (SSSR count). The maximum atomic E-state index is 10.6. The van der Waals surface area contributed by atoms with Crippen LogP contribution in [0.25, 0.3) is 0 Å². The molecule has 0 amide bonds. The Morgan fingerprint density at radius 3 is 1.29 bits per heavy atom. The number of aliphatic hydroxyl groups excluding tert-OH is 2. The molecule has 0 saturated heterocycles. The molecule has 5 heteroatoms. The number of aromatic hydroxyl groups is 2. The third-order valence-electron chi connectivity index (χ3n) is 8.87. The molecule has 0 aliphatic carbocycles. The molecule has 0 aliphatic rings. The van der Waals surface area contributed by atoms with Gasteiger partial charge in [0, 0.05) is 11.1 Å². The van der Waals surface area contributed by atoms with E-state index in [4.69, 9.17) is 0 Å². The number of hydrogen-bond donors (Lipinski definition) is 4. The normalized spacial score (nSPS) is 12.0. The van der Waals surface area contributed by atoms with Crippen molar-refractivity contribution in [3.05, 3.63) is 113 Å². The van der Waals surface area contributed by atoms with Crippen molar-refractivity contribution in [1.82, 2.24) is 0 Å². The average Bonchev–Trinajstić information content (AvgIpc) is 3.04. The molecule has 0 saturated carbocycles. The van der Waals surface area contributed by atoms with Gasteiger partial charge in [0.05, 0.1) is 13.2 Å². The Kier molecular flexibility index (Phi) is 12.0. The molecule has 4 nitrogen and oxygen atoms in total. The van der Waals surface area contributed by atoms with Crippen molar-refractivity contribution < 1.29 is 20.4 Å². The Labute approximate surface area is 252 Å². The van der Waals surface area contributed by atoms with Gasteiger partial charge >= 0.3 is 195 Å². The van der Waals surface area contributed by atoms with Crippen molar-refractivity contribution in [3.63, 3.8) is 0 Å². The average molecular weight is 587 g/mol. The second kappa shape index (κ2) is 15.9. The van der Waals surface area contributed by atoms with E-state index in [1.54, 1.807) is 6.92 Å². The predicted octanol–water partition coefficient (Wildman–Crippen LogP) is 6.78. The van der Waals surface area contributed by atoms with Gasteiger partial charge in [0.2, 0.25) is 0 Å². The van der Waals surface area contributed by atoms with E-state index >= 15 is 0 Å². The van der Waals surface area contributed by atoms with Crippen molar-refractivity contribution in [1.29, 1.82) is 0 Å². The second-order valence-electron chi connectivity index (χ2n) is 11.4. The molecule has 0 heterocycles. The fourth-order valence-corrected chi connectivity index (χ4v) is 11.4. The second-order valence-corrected chi connectivity index (χ2v) is 15.4. The van der Waals surface area contributed by atoms with E-state index in [2.05, 4.69) is 91.0 Å². The van der Waals surface area contributed by atoms with Crippen LogP contribution in [0, 0.1) is 6.92 Å². The van der Waals surface area contributed by atoms with Crippen LogP contribution in [0.4, 0.5) is 0 Å². The monoisotopic (exact) mass is 586 g/mol. The van der Waals surface area contributed by atoms with E-state index in [0.29, 0.717) is 17.5 Å². The van der Waals surface area contributed by atoms with Gasteiger partial charge in [0.1, 0.15) is 5.75 Å². The quantitative estimate of drug-likeness (QED) is 0.0663. The molecule has 4 N–H and O–H groups in total. The summed E-state index contributed by atoms with van der Waals surface area (Å²) in [6.07, 6.45) is 11.1. The summed E-state index contributed by atoms with van der Waals surface area (Å²) >= 11 is 0. The standard InChI is InChI=1S/C37H47O4P/c1-29-33(37(41)35(28-39)34(27-38)36(29)40)25-17-6-4-2-3-5-7-18-26-42(30-19-11-8-12-20-30,31-21-13-9-14-22-31)32-23-15-10-16-24-32/h8-16,19-24,38-42H,2-7,17-18,25-28H2,1H3. The molecule has 0 bridgehead atoms. The molecular weight excluding hydrogens is 539 g/mol. The fraction of sp³-hybridized carbons (Fsp3) is 0.351. The van der Waals surface area contributed by atoms with Crippen LogP contribution in [0.3, 0.4) is 0 Å². The molecule has 0 atom stereocenters. The molecule has 0 aliphatic heterocycles. The SMILES string of the molecule is Cc1c(O)c(CO)c(CO)c(O)c1CCCCCCCCCC[PH](c1ccccc1)(c1ccccc1)c1ccccc1. The van der Waals surface area contributed by atoms with Gasteiger partial charge in [-0.2, -0.15) is 0 Å². The van der Waals surface area contributed by atoms with Crippen LogP contribution in [0.5, 0.6) is 11.5 Å². The van der Waals surface area contributed by atoms with E-state index in [-0.39, 0.29) is 22.6 Å². The van der Waals surface area contributed by atoms with Crippen molar-refractivity contribution in [2.45, 2.75) is 77.9 Å². The molecule has 224 valence electrons. The first-order chi connectivity index (χ1) is 20.5. The molecule has 0 radical (unpaired) electrons. The Morgan fingerprint density at radius 2 is 0.857 bits per heavy atom. The first-order valence-electron chi connectivity index (χ1n) is 15.5. The van der Waals surface area contributed by atoms with Crippen LogP contribution in [0.15, 0.2) is 91.0 Å². The first-order valence-corrected chi connectivity index (χ1v) is 17.7. The van der Waals surface area contributed by atoms with Gasteiger partial charge in [0.15, 0.2) is 0 Å². The molecule has 0 aromatic heterocycles. The van der Waals surface area contributed by atoms with Crippen LogP contribution in [0.1, 0.15) is 73.6 Å². The summed E-state index contributed by atoms with van der Waals surface area (Å²) in [6.45, 7) is 0.939. The maximum absolute atomic E-state index is 10.6. The van der Waals surface area contributed by atoms with Gasteiger partial charge in [-0.05, 0) is 6.92 Å². The molecular formula is C37H47O4P. The van der Waals surface area contributed by atoms with Crippen LogP contribution in [0.2, 0.25) is 0 Å². The summed E-state index contributed by atoms with van der Waals surface area (Å²) in [5, 5.41) is 44.7. The van der Waals surface area contributed by atoms with Gasteiger partial charge in [-0.25, -0.2) is 0 Å². The van der Waals surface area contributed by atoms with E-state index in [9.17, 15) is 20.4 Å². The zero-order chi connectivity index (χ0) is 29.8. The van der Waals surface area contributed by atoms with Crippen LogP contribution in [-0.4, -0.2) is 26.6 Å². The number of phenols is 2. The Hall–Kier alpha value is -3.17. The van der Waals surface area contributed by atoms with Gasteiger partial charge in [-0.1, -0.05) is 0 Å². The van der Waals surface area contributed by atoms with E-state index in [1.165, 1.54) is 54.2 Å². The number of unbranched alkanes of at least 4 members (excludes halogenated alkanes) is 7.